The molecule has 4 rings (SSSR count). The maximum absolute atomic E-state index is 12.6. The summed E-state index contributed by atoms with van der Waals surface area (Å²) in [4.78, 5) is 14.6. The van der Waals surface area contributed by atoms with Gasteiger partial charge in [0.1, 0.15) is 0 Å². The van der Waals surface area contributed by atoms with E-state index in [1.165, 1.54) is 0 Å². The molecule has 0 saturated heterocycles. The first-order valence-corrected chi connectivity index (χ1v) is 10.4. The molecule has 1 aliphatic carbocycles. The molecule has 2 aromatic rings. The first kappa shape index (κ1) is 17.2. The second-order valence-electron chi connectivity index (χ2n) is 7.14. The number of sulfonamides is 1. The number of rotatable bonds is 5. The Balaban J connectivity index is 1.55. The van der Waals surface area contributed by atoms with Crippen molar-refractivity contribution in [2.75, 3.05) is 4.90 Å². The number of carbonyl (C=O) groups is 1. The maximum Gasteiger partial charge on any atom is 0.240 e. The van der Waals surface area contributed by atoms with Gasteiger partial charge in [-0.15, -0.1) is 0 Å². The Bertz CT molecular complexity index is 937. The molecule has 136 valence electrons. The van der Waals surface area contributed by atoms with Crippen molar-refractivity contribution in [3.63, 3.8) is 0 Å². The molecule has 1 fully saturated rings. The van der Waals surface area contributed by atoms with Gasteiger partial charge in [0.15, 0.2) is 0 Å². The summed E-state index contributed by atoms with van der Waals surface area (Å²) in [6, 6.07) is 14.6. The van der Waals surface area contributed by atoms with Crippen LogP contribution >= 0.6 is 0 Å². The molecule has 1 amide bonds. The van der Waals surface area contributed by atoms with Crippen LogP contribution in [0.1, 0.15) is 30.9 Å². The lowest BCUT2D eigenvalue weighted by Gasteiger charge is -2.22. The van der Waals surface area contributed by atoms with Crippen LogP contribution < -0.4 is 9.62 Å². The normalized spacial score (nSPS) is 19.4. The van der Waals surface area contributed by atoms with Gasteiger partial charge in [0, 0.05) is 24.2 Å². The molecule has 0 bridgehead atoms. The molecule has 2 aliphatic rings. The van der Waals surface area contributed by atoms with Gasteiger partial charge in [-0.3, -0.25) is 4.79 Å². The molecule has 1 N–H and O–H groups in total. The lowest BCUT2D eigenvalue weighted by molar-refractivity contribution is -0.120. The lowest BCUT2D eigenvalue weighted by atomic mass is 10.1. The summed E-state index contributed by atoms with van der Waals surface area (Å²) in [6.07, 6.45) is 2.62. The van der Waals surface area contributed by atoms with Gasteiger partial charge in [-0.05, 0) is 55.5 Å². The third kappa shape index (κ3) is 3.27. The van der Waals surface area contributed by atoms with Gasteiger partial charge in [0.2, 0.25) is 15.9 Å². The molecular formula is C20H22N2O3S. The Labute approximate surface area is 154 Å². The molecule has 1 saturated carbocycles. The standard InChI is InChI=1S/C20H22N2O3S/c1-14-11-17-12-18(9-10-19(17)22(14)20(23)16-7-8-16)26(24,25)21-13-15-5-3-2-4-6-15/h2-6,9-10,12,14,16,21H,7-8,11,13H2,1H3. The SMILES string of the molecule is CC1Cc2cc(S(=O)(=O)NCc3ccccc3)ccc2N1C(=O)C1CC1. The zero-order chi connectivity index (χ0) is 18.3. The first-order chi connectivity index (χ1) is 12.5. The monoisotopic (exact) mass is 370 g/mol. The highest BCUT2D eigenvalue weighted by Gasteiger charge is 2.39. The van der Waals surface area contributed by atoms with Crippen molar-refractivity contribution in [1.29, 1.82) is 0 Å². The van der Waals surface area contributed by atoms with Gasteiger partial charge in [-0.25, -0.2) is 13.1 Å². The first-order valence-electron chi connectivity index (χ1n) is 8.95. The minimum absolute atomic E-state index is 0.0772. The molecule has 1 atom stereocenters. The Morgan fingerprint density at radius 2 is 1.88 bits per heavy atom. The molecule has 5 nitrogen and oxygen atoms in total. The van der Waals surface area contributed by atoms with Crippen LogP contribution in [0.2, 0.25) is 0 Å². The number of nitrogens with zero attached hydrogens (tertiary/aromatic N) is 1. The van der Waals surface area contributed by atoms with Crippen molar-refractivity contribution in [1.82, 2.24) is 4.72 Å². The average molecular weight is 370 g/mol. The van der Waals surface area contributed by atoms with E-state index in [2.05, 4.69) is 4.72 Å². The molecule has 6 heteroatoms. The van der Waals surface area contributed by atoms with Crippen LogP contribution in [0.5, 0.6) is 0 Å². The summed E-state index contributed by atoms with van der Waals surface area (Å²) in [5.74, 6) is 0.327. The second kappa shape index (κ2) is 6.52. The molecule has 0 aromatic heterocycles. The Kier molecular flexibility index (Phi) is 4.32. The van der Waals surface area contributed by atoms with E-state index >= 15 is 0 Å². The minimum atomic E-state index is -3.59. The van der Waals surface area contributed by atoms with Gasteiger partial charge in [0.25, 0.3) is 0 Å². The van der Waals surface area contributed by atoms with Crippen LogP contribution in [0.3, 0.4) is 0 Å². The number of fused-ring (bicyclic) bond motifs is 1. The van der Waals surface area contributed by atoms with Crippen molar-refractivity contribution in [2.45, 2.75) is 43.7 Å². The topological polar surface area (TPSA) is 66.5 Å². The summed E-state index contributed by atoms with van der Waals surface area (Å²) < 4.78 is 27.9. The number of hydrogen-bond acceptors (Lipinski definition) is 3. The van der Waals surface area contributed by atoms with Crippen molar-refractivity contribution in [3.8, 4) is 0 Å². The number of carbonyl (C=O) groups excluding carboxylic acids is 1. The quantitative estimate of drug-likeness (QED) is 0.880. The van der Waals surface area contributed by atoms with E-state index in [9.17, 15) is 13.2 Å². The summed E-state index contributed by atoms with van der Waals surface area (Å²) in [6.45, 7) is 2.27. The highest BCUT2D eigenvalue weighted by molar-refractivity contribution is 7.89. The van der Waals surface area contributed by atoms with Crippen molar-refractivity contribution in [3.05, 3.63) is 59.7 Å². The van der Waals surface area contributed by atoms with Crippen LogP contribution in [0, 0.1) is 5.92 Å². The van der Waals surface area contributed by atoms with E-state index in [0.29, 0.717) is 6.42 Å². The third-order valence-electron chi connectivity index (χ3n) is 5.05. The number of benzene rings is 2. The van der Waals surface area contributed by atoms with E-state index in [-0.39, 0.29) is 29.3 Å². The summed E-state index contributed by atoms with van der Waals surface area (Å²) in [7, 11) is -3.59. The van der Waals surface area contributed by atoms with Gasteiger partial charge in [-0.2, -0.15) is 0 Å². The van der Waals surface area contributed by atoms with E-state index in [0.717, 1.165) is 29.7 Å². The molecule has 1 heterocycles. The van der Waals surface area contributed by atoms with E-state index in [1.54, 1.807) is 18.2 Å². The van der Waals surface area contributed by atoms with Crippen LogP contribution in [0.25, 0.3) is 0 Å². The fraction of sp³-hybridized carbons (Fsp3) is 0.350. The Morgan fingerprint density at radius 1 is 1.15 bits per heavy atom. The summed E-state index contributed by atoms with van der Waals surface area (Å²) in [5, 5.41) is 0. The van der Waals surface area contributed by atoms with E-state index in [4.69, 9.17) is 0 Å². The minimum Gasteiger partial charge on any atom is -0.309 e. The second-order valence-corrected chi connectivity index (χ2v) is 8.90. The molecule has 26 heavy (non-hydrogen) atoms. The zero-order valence-electron chi connectivity index (χ0n) is 14.7. The number of amides is 1. The summed E-state index contributed by atoms with van der Waals surface area (Å²) >= 11 is 0. The van der Waals surface area contributed by atoms with Crippen molar-refractivity contribution < 1.29 is 13.2 Å². The van der Waals surface area contributed by atoms with Crippen LogP contribution in [-0.2, 0) is 27.8 Å². The highest BCUT2D eigenvalue weighted by Crippen LogP contribution is 2.39. The van der Waals surface area contributed by atoms with Crippen LogP contribution in [0.4, 0.5) is 5.69 Å². The Morgan fingerprint density at radius 3 is 2.58 bits per heavy atom. The fourth-order valence-corrected chi connectivity index (χ4v) is 4.56. The molecule has 0 spiro atoms. The van der Waals surface area contributed by atoms with Gasteiger partial charge in [0.05, 0.1) is 4.90 Å². The smallest absolute Gasteiger partial charge is 0.240 e. The number of hydrogen-bond donors (Lipinski definition) is 1. The predicted molar refractivity (Wildman–Crippen MR) is 100 cm³/mol. The lowest BCUT2D eigenvalue weighted by Crippen LogP contribution is -2.36. The van der Waals surface area contributed by atoms with Crippen molar-refractivity contribution >= 4 is 21.6 Å². The van der Waals surface area contributed by atoms with Gasteiger partial charge >= 0.3 is 0 Å². The fourth-order valence-electron chi connectivity index (χ4n) is 3.49. The van der Waals surface area contributed by atoms with E-state index < -0.39 is 10.0 Å². The number of nitrogens with one attached hydrogen (secondary N) is 1. The van der Waals surface area contributed by atoms with Crippen LogP contribution in [0.15, 0.2) is 53.4 Å². The van der Waals surface area contributed by atoms with Crippen LogP contribution in [-0.4, -0.2) is 20.4 Å². The predicted octanol–water partition coefficient (Wildman–Crippen LogP) is 2.85. The van der Waals surface area contributed by atoms with Gasteiger partial charge in [-0.1, -0.05) is 30.3 Å². The largest absolute Gasteiger partial charge is 0.309 e. The third-order valence-corrected chi connectivity index (χ3v) is 6.45. The summed E-state index contributed by atoms with van der Waals surface area (Å²) in [5.41, 5.74) is 2.69. The number of anilines is 1. The maximum atomic E-state index is 12.6. The molecule has 0 radical (unpaired) electrons. The van der Waals surface area contributed by atoms with E-state index in [1.807, 2.05) is 42.2 Å². The molecule has 2 aromatic carbocycles. The average Bonchev–Trinajstić information content (AvgIpc) is 3.42. The molecule has 1 aliphatic heterocycles. The van der Waals surface area contributed by atoms with Gasteiger partial charge < -0.3 is 4.90 Å². The zero-order valence-corrected chi connectivity index (χ0v) is 15.5. The molecular weight excluding hydrogens is 348 g/mol. The highest BCUT2D eigenvalue weighted by atomic mass is 32.2. The molecule has 1 unspecified atom stereocenters. The van der Waals surface area contributed by atoms with Crippen molar-refractivity contribution in [2.24, 2.45) is 5.92 Å². The Hall–Kier alpha value is -2.18.